The number of benzene rings is 1. The summed E-state index contributed by atoms with van der Waals surface area (Å²) < 4.78 is 18.4. The molecule has 0 saturated heterocycles. The van der Waals surface area contributed by atoms with E-state index in [4.69, 9.17) is 4.74 Å². The number of hydrogen-bond acceptors (Lipinski definition) is 4. The van der Waals surface area contributed by atoms with Gasteiger partial charge in [-0.15, -0.1) is 0 Å². The number of ether oxygens (including phenoxy) is 1. The molecule has 0 radical (unpaired) electrons. The molecule has 23 heavy (non-hydrogen) atoms. The van der Waals surface area contributed by atoms with E-state index in [1.165, 1.54) is 12.3 Å². The van der Waals surface area contributed by atoms with E-state index < -0.39 is 0 Å². The summed E-state index contributed by atoms with van der Waals surface area (Å²) in [7, 11) is 1.66. The summed E-state index contributed by atoms with van der Waals surface area (Å²) in [5.41, 5.74) is 0.883. The number of halogens is 1. The number of carbonyl (C=O) groups is 1. The molecule has 0 aliphatic rings. The third kappa shape index (κ3) is 5.34. The summed E-state index contributed by atoms with van der Waals surface area (Å²) in [5, 5.41) is 5.82. The number of methoxy groups -OCH3 is 1. The van der Waals surface area contributed by atoms with Crippen LogP contribution in [0.25, 0.3) is 0 Å². The predicted molar refractivity (Wildman–Crippen MR) is 86.8 cm³/mol. The third-order valence-electron chi connectivity index (χ3n) is 3.25. The molecule has 2 aromatic rings. The van der Waals surface area contributed by atoms with Crippen LogP contribution in [0, 0.1) is 5.82 Å². The van der Waals surface area contributed by atoms with Crippen molar-refractivity contribution in [3.63, 3.8) is 0 Å². The highest BCUT2D eigenvalue weighted by Crippen LogP contribution is 2.08. The van der Waals surface area contributed by atoms with Gasteiger partial charge in [0.2, 0.25) is 0 Å². The molecular formula is C17H20FN3O2. The second kappa shape index (κ2) is 8.85. The van der Waals surface area contributed by atoms with Crippen molar-refractivity contribution in [2.24, 2.45) is 0 Å². The maximum absolute atomic E-state index is 13.5. The maximum atomic E-state index is 13.5. The van der Waals surface area contributed by atoms with Gasteiger partial charge in [-0.3, -0.25) is 4.79 Å². The minimum absolute atomic E-state index is 0.141. The zero-order valence-electron chi connectivity index (χ0n) is 13.0. The van der Waals surface area contributed by atoms with Gasteiger partial charge in [0, 0.05) is 38.6 Å². The fourth-order valence-electron chi connectivity index (χ4n) is 1.99. The zero-order valence-corrected chi connectivity index (χ0v) is 13.0. The first-order valence-electron chi connectivity index (χ1n) is 7.41. The van der Waals surface area contributed by atoms with Crippen molar-refractivity contribution in [1.29, 1.82) is 0 Å². The number of aromatic nitrogens is 1. The first kappa shape index (κ1) is 16.9. The molecule has 1 aromatic heterocycles. The van der Waals surface area contributed by atoms with Crippen LogP contribution in [-0.4, -0.2) is 31.2 Å². The van der Waals surface area contributed by atoms with Gasteiger partial charge < -0.3 is 15.4 Å². The van der Waals surface area contributed by atoms with Crippen LogP contribution in [0.15, 0.2) is 42.6 Å². The molecule has 0 fully saturated rings. The van der Waals surface area contributed by atoms with Crippen LogP contribution in [-0.2, 0) is 11.3 Å². The van der Waals surface area contributed by atoms with Crippen molar-refractivity contribution in [2.45, 2.75) is 13.0 Å². The Hall–Kier alpha value is -2.47. The van der Waals surface area contributed by atoms with E-state index in [1.54, 1.807) is 37.4 Å². The van der Waals surface area contributed by atoms with Crippen LogP contribution in [0.4, 0.5) is 10.2 Å². The van der Waals surface area contributed by atoms with E-state index in [1.807, 2.05) is 0 Å². The Morgan fingerprint density at radius 3 is 2.78 bits per heavy atom. The van der Waals surface area contributed by atoms with Gasteiger partial charge >= 0.3 is 0 Å². The fourth-order valence-corrected chi connectivity index (χ4v) is 1.99. The fraction of sp³-hybridized carbons (Fsp3) is 0.294. The van der Waals surface area contributed by atoms with Crippen molar-refractivity contribution in [2.75, 3.05) is 25.6 Å². The van der Waals surface area contributed by atoms with Crippen molar-refractivity contribution in [3.05, 3.63) is 59.5 Å². The SMILES string of the molecule is COCCCNc1ccc(C(=O)NCc2ccccc2F)cn1. The van der Waals surface area contributed by atoms with E-state index in [2.05, 4.69) is 15.6 Å². The molecule has 0 aliphatic carbocycles. The quantitative estimate of drug-likeness (QED) is 0.735. The molecule has 0 bridgehead atoms. The number of nitrogens with one attached hydrogen (secondary N) is 2. The average Bonchev–Trinajstić information content (AvgIpc) is 2.58. The molecule has 0 saturated carbocycles. The van der Waals surface area contributed by atoms with Crippen molar-refractivity contribution in [1.82, 2.24) is 10.3 Å². The zero-order chi connectivity index (χ0) is 16.5. The Bertz CT molecular complexity index is 632. The summed E-state index contributed by atoms with van der Waals surface area (Å²) in [6.07, 6.45) is 2.37. The number of rotatable bonds is 8. The minimum Gasteiger partial charge on any atom is -0.385 e. The topological polar surface area (TPSA) is 63.2 Å². The maximum Gasteiger partial charge on any atom is 0.253 e. The molecule has 0 aliphatic heterocycles. The highest BCUT2D eigenvalue weighted by atomic mass is 19.1. The smallest absolute Gasteiger partial charge is 0.253 e. The van der Waals surface area contributed by atoms with Crippen LogP contribution in [0.1, 0.15) is 22.3 Å². The van der Waals surface area contributed by atoms with E-state index in [-0.39, 0.29) is 18.3 Å². The highest BCUT2D eigenvalue weighted by Gasteiger charge is 2.07. The van der Waals surface area contributed by atoms with Gasteiger partial charge in [-0.1, -0.05) is 18.2 Å². The normalized spacial score (nSPS) is 10.3. The third-order valence-corrected chi connectivity index (χ3v) is 3.25. The summed E-state index contributed by atoms with van der Waals surface area (Å²) in [5.74, 6) is 0.0833. The van der Waals surface area contributed by atoms with Crippen LogP contribution in [0.5, 0.6) is 0 Å². The van der Waals surface area contributed by atoms with Crippen LogP contribution in [0.2, 0.25) is 0 Å². The number of amides is 1. The van der Waals surface area contributed by atoms with Crippen LogP contribution in [0.3, 0.4) is 0 Å². The summed E-state index contributed by atoms with van der Waals surface area (Å²) in [4.78, 5) is 16.2. The lowest BCUT2D eigenvalue weighted by molar-refractivity contribution is 0.0950. The van der Waals surface area contributed by atoms with Gasteiger partial charge in [0.25, 0.3) is 5.91 Å². The van der Waals surface area contributed by atoms with Gasteiger partial charge in [-0.05, 0) is 24.6 Å². The molecule has 1 aromatic carbocycles. The second-order valence-electron chi connectivity index (χ2n) is 4.98. The van der Waals surface area contributed by atoms with Gasteiger partial charge in [-0.2, -0.15) is 0 Å². The van der Waals surface area contributed by atoms with Crippen molar-refractivity contribution in [3.8, 4) is 0 Å². The molecule has 5 nitrogen and oxygen atoms in total. The van der Waals surface area contributed by atoms with E-state index >= 15 is 0 Å². The Morgan fingerprint density at radius 2 is 2.09 bits per heavy atom. The Morgan fingerprint density at radius 1 is 1.26 bits per heavy atom. The molecule has 0 unspecified atom stereocenters. The summed E-state index contributed by atoms with van der Waals surface area (Å²) >= 11 is 0. The molecule has 1 heterocycles. The molecule has 6 heteroatoms. The van der Waals surface area contributed by atoms with Crippen LogP contribution < -0.4 is 10.6 Å². The van der Waals surface area contributed by atoms with Crippen molar-refractivity contribution >= 4 is 11.7 Å². The first-order chi connectivity index (χ1) is 11.2. The molecule has 2 N–H and O–H groups in total. The van der Waals surface area contributed by atoms with E-state index in [0.717, 1.165) is 13.0 Å². The highest BCUT2D eigenvalue weighted by molar-refractivity contribution is 5.94. The second-order valence-corrected chi connectivity index (χ2v) is 4.98. The lowest BCUT2D eigenvalue weighted by Gasteiger charge is -2.08. The number of carbonyl (C=O) groups excluding carboxylic acids is 1. The van der Waals surface area contributed by atoms with Gasteiger partial charge in [0.05, 0.1) is 5.56 Å². The number of anilines is 1. The monoisotopic (exact) mass is 317 g/mol. The van der Waals surface area contributed by atoms with E-state index in [9.17, 15) is 9.18 Å². The molecule has 122 valence electrons. The molecular weight excluding hydrogens is 297 g/mol. The summed E-state index contributed by atoms with van der Waals surface area (Å²) in [6.45, 7) is 1.58. The van der Waals surface area contributed by atoms with Gasteiger partial charge in [-0.25, -0.2) is 9.37 Å². The number of pyridine rings is 1. The molecule has 2 rings (SSSR count). The minimum atomic E-state index is -0.332. The Balaban J connectivity index is 1.84. The Labute approximate surface area is 134 Å². The lowest BCUT2D eigenvalue weighted by atomic mass is 10.2. The molecule has 0 spiro atoms. The van der Waals surface area contributed by atoms with Gasteiger partial charge in [0.15, 0.2) is 0 Å². The molecule has 1 amide bonds. The largest absolute Gasteiger partial charge is 0.385 e. The van der Waals surface area contributed by atoms with Crippen LogP contribution >= 0.6 is 0 Å². The Kier molecular flexibility index (Phi) is 6.50. The lowest BCUT2D eigenvalue weighted by Crippen LogP contribution is -2.23. The predicted octanol–water partition coefficient (Wildman–Crippen LogP) is 2.60. The average molecular weight is 317 g/mol. The number of nitrogens with zero attached hydrogens (tertiary/aromatic N) is 1. The standard InChI is InChI=1S/C17H20FN3O2/c1-23-10-4-9-19-16-8-7-14(12-20-16)17(22)21-11-13-5-2-3-6-15(13)18/h2-3,5-8,12H,4,9-11H2,1H3,(H,19,20)(H,21,22). The first-order valence-corrected chi connectivity index (χ1v) is 7.41. The summed E-state index contributed by atoms with van der Waals surface area (Å²) in [6, 6.07) is 9.78. The number of hydrogen-bond donors (Lipinski definition) is 2. The molecule has 0 atom stereocenters. The van der Waals surface area contributed by atoms with Gasteiger partial charge in [0.1, 0.15) is 11.6 Å². The van der Waals surface area contributed by atoms with E-state index in [0.29, 0.717) is 23.6 Å². The van der Waals surface area contributed by atoms with Crippen molar-refractivity contribution < 1.29 is 13.9 Å².